The summed E-state index contributed by atoms with van der Waals surface area (Å²) < 4.78 is 40.4. The van der Waals surface area contributed by atoms with Gasteiger partial charge in [0.25, 0.3) is 0 Å². The highest BCUT2D eigenvalue weighted by atomic mass is 32.2. The minimum absolute atomic E-state index is 0.00958. The molecule has 33 heavy (non-hydrogen) atoms. The largest absolute Gasteiger partial charge is 0.433 e. The molecule has 1 unspecified atom stereocenters. The van der Waals surface area contributed by atoms with Gasteiger partial charge in [0.05, 0.1) is 0 Å². The molecule has 10 heteroatoms. The monoisotopic (exact) mass is 474 g/mol. The number of fused-ring (bicyclic) bond motifs is 1. The van der Waals surface area contributed by atoms with Gasteiger partial charge in [0.15, 0.2) is 11.0 Å². The second kappa shape index (κ2) is 8.39. The summed E-state index contributed by atoms with van der Waals surface area (Å²) >= 11 is 1.69. The lowest BCUT2D eigenvalue weighted by molar-refractivity contribution is -0.141. The minimum atomic E-state index is -4.39. The van der Waals surface area contributed by atoms with Crippen molar-refractivity contribution in [3.63, 3.8) is 0 Å². The Bertz CT molecular complexity index is 1150. The van der Waals surface area contributed by atoms with Crippen molar-refractivity contribution < 1.29 is 13.2 Å². The summed E-state index contributed by atoms with van der Waals surface area (Å²) in [5.41, 5.74) is 2.02. The predicted molar refractivity (Wildman–Crippen MR) is 120 cm³/mol. The summed E-state index contributed by atoms with van der Waals surface area (Å²) in [6, 6.07) is 6.63. The Morgan fingerprint density at radius 1 is 1.18 bits per heavy atom. The van der Waals surface area contributed by atoms with Crippen LogP contribution in [0.5, 0.6) is 0 Å². The predicted octanol–water partition coefficient (Wildman–Crippen LogP) is 4.36. The Kier molecular flexibility index (Phi) is 5.68. The van der Waals surface area contributed by atoms with E-state index in [-0.39, 0.29) is 5.41 Å². The molecule has 1 saturated heterocycles. The molecule has 1 saturated carbocycles. The van der Waals surface area contributed by atoms with E-state index >= 15 is 0 Å². The molecule has 3 aromatic heterocycles. The fourth-order valence-electron chi connectivity index (χ4n) is 4.91. The van der Waals surface area contributed by atoms with Crippen molar-refractivity contribution in [2.45, 2.75) is 36.5 Å². The normalized spacial score (nSPS) is 22.5. The molecule has 4 heterocycles. The smallest absolute Gasteiger partial charge is 0.305 e. The van der Waals surface area contributed by atoms with Crippen LogP contribution in [0.4, 0.5) is 13.2 Å². The van der Waals surface area contributed by atoms with E-state index in [1.54, 1.807) is 24.0 Å². The van der Waals surface area contributed by atoms with E-state index in [9.17, 15) is 13.2 Å². The van der Waals surface area contributed by atoms with Gasteiger partial charge in [-0.05, 0) is 56.0 Å². The summed E-state index contributed by atoms with van der Waals surface area (Å²) in [5, 5.41) is 9.57. The second-order valence-electron chi connectivity index (χ2n) is 8.93. The van der Waals surface area contributed by atoms with Crippen molar-refractivity contribution in [2.75, 3.05) is 25.4 Å². The molecule has 0 amide bonds. The van der Waals surface area contributed by atoms with Gasteiger partial charge in [0.1, 0.15) is 5.69 Å². The van der Waals surface area contributed by atoms with Gasteiger partial charge in [0, 0.05) is 55.0 Å². The lowest BCUT2D eigenvalue weighted by Gasteiger charge is -2.21. The molecule has 0 aromatic carbocycles. The zero-order valence-corrected chi connectivity index (χ0v) is 19.3. The Morgan fingerprint density at radius 2 is 2.03 bits per heavy atom. The van der Waals surface area contributed by atoms with Crippen molar-refractivity contribution in [2.24, 2.45) is 13.0 Å². The highest BCUT2D eigenvalue weighted by molar-refractivity contribution is 7.99. The molecule has 174 valence electrons. The van der Waals surface area contributed by atoms with Crippen LogP contribution in [0.2, 0.25) is 0 Å². The number of hydrogen-bond donors (Lipinski definition) is 0. The summed E-state index contributed by atoms with van der Waals surface area (Å²) in [4.78, 5) is 10.4. The SMILES string of the molecule is Cc1ncccc1-c1nnc(SCCCN2C[C@H]3CC3(c3ccc(C(F)(F)F)nc3)C2)n1C. The Hall–Kier alpha value is -2.46. The third-order valence-corrected chi connectivity index (χ3v) is 7.88. The average Bonchev–Trinajstić information content (AvgIpc) is 3.17. The van der Waals surface area contributed by atoms with Crippen LogP contribution in [0.3, 0.4) is 0 Å². The number of likely N-dealkylation sites (tertiary alicyclic amines) is 1. The molecule has 2 atom stereocenters. The quantitative estimate of drug-likeness (QED) is 0.375. The number of alkyl halides is 3. The van der Waals surface area contributed by atoms with E-state index in [2.05, 4.69) is 25.1 Å². The number of pyridine rings is 2. The van der Waals surface area contributed by atoms with Crippen molar-refractivity contribution in [1.82, 2.24) is 29.6 Å². The molecule has 3 aromatic rings. The zero-order valence-electron chi connectivity index (χ0n) is 18.5. The van der Waals surface area contributed by atoms with Gasteiger partial charge in [-0.25, -0.2) is 0 Å². The first-order valence-corrected chi connectivity index (χ1v) is 12.0. The lowest BCUT2D eigenvalue weighted by Crippen LogP contribution is -2.28. The number of aryl methyl sites for hydroxylation is 1. The number of rotatable bonds is 7. The Morgan fingerprint density at radius 3 is 2.76 bits per heavy atom. The fourth-order valence-corrected chi connectivity index (χ4v) is 5.74. The summed E-state index contributed by atoms with van der Waals surface area (Å²) in [5.74, 6) is 2.26. The fraction of sp³-hybridized carbons (Fsp3) is 0.478. The molecule has 0 bridgehead atoms. The second-order valence-corrected chi connectivity index (χ2v) is 9.99. The van der Waals surface area contributed by atoms with Gasteiger partial charge in [-0.15, -0.1) is 10.2 Å². The Balaban J connectivity index is 1.13. The topological polar surface area (TPSA) is 59.7 Å². The first-order valence-electron chi connectivity index (χ1n) is 11.0. The lowest BCUT2D eigenvalue weighted by atomic mass is 9.96. The molecule has 2 fully saturated rings. The molecule has 5 rings (SSSR count). The van der Waals surface area contributed by atoms with Crippen LogP contribution in [0, 0.1) is 12.8 Å². The van der Waals surface area contributed by atoms with Gasteiger partial charge < -0.3 is 9.47 Å². The van der Waals surface area contributed by atoms with E-state index in [1.807, 2.05) is 30.7 Å². The molecule has 0 N–H and O–H groups in total. The van der Waals surface area contributed by atoms with Gasteiger partial charge in [-0.2, -0.15) is 13.2 Å². The van der Waals surface area contributed by atoms with E-state index in [1.165, 1.54) is 6.20 Å². The number of piperidine rings is 1. The van der Waals surface area contributed by atoms with Crippen molar-refractivity contribution in [1.29, 1.82) is 0 Å². The van der Waals surface area contributed by atoms with E-state index < -0.39 is 11.9 Å². The van der Waals surface area contributed by atoms with Crippen LogP contribution in [-0.4, -0.2) is 55.0 Å². The maximum Gasteiger partial charge on any atom is 0.433 e. The van der Waals surface area contributed by atoms with Gasteiger partial charge in [0.2, 0.25) is 0 Å². The molecule has 2 aliphatic rings. The molecule has 1 aliphatic heterocycles. The van der Waals surface area contributed by atoms with Crippen molar-refractivity contribution in [3.05, 3.63) is 53.6 Å². The van der Waals surface area contributed by atoms with Gasteiger partial charge in [-0.1, -0.05) is 17.8 Å². The van der Waals surface area contributed by atoms with Crippen molar-refractivity contribution in [3.8, 4) is 11.4 Å². The first kappa shape index (κ1) is 22.3. The molecule has 6 nitrogen and oxygen atoms in total. The number of thioether (sulfide) groups is 1. The number of halogens is 3. The van der Waals surface area contributed by atoms with Crippen LogP contribution < -0.4 is 0 Å². The highest BCUT2D eigenvalue weighted by Gasteiger charge is 2.60. The molecule has 1 aliphatic carbocycles. The molecule has 0 radical (unpaired) electrons. The first-order chi connectivity index (χ1) is 15.8. The van der Waals surface area contributed by atoms with E-state index in [0.717, 1.165) is 72.1 Å². The van der Waals surface area contributed by atoms with Gasteiger partial charge in [-0.3, -0.25) is 9.97 Å². The van der Waals surface area contributed by atoms with Crippen LogP contribution in [0.15, 0.2) is 41.8 Å². The number of nitrogens with zero attached hydrogens (tertiary/aromatic N) is 6. The molecular formula is C23H25F3N6S. The maximum atomic E-state index is 12.8. The third-order valence-electron chi connectivity index (χ3n) is 6.78. The standard InChI is InChI=1S/C23H25F3N6S/c1-15-18(5-3-8-27-15)20-29-30-21(31(20)2)33-10-4-9-32-13-17-11-22(17,14-32)16-6-7-19(28-12-16)23(24,25)26/h3,5-8,12,17H,4,9-11,13-14H2,1-2H3/t17-,22?/m1/s1. The van der Waals surface area contributed by atoms with Crippen LogP contribution in [0.1, 0.15) is 29.8 Å². The maximum absolute atomic E-state index is 12.8. The molecule has 0 spiro atoms. The Labute approximate surface area is 194 Å². The van der Waals surface area contributed by atoms with Crippen LogP contribution in [0.25, 0.3) is 11.4 Å². The molecular weight excluding hydrogens is 449 g/mol. The average molecular weight is 475 g/mol. The summed E-state index contributed by atoms with van der Waals surface area (Å²) in [7, 11) is 1.97. The number of aromatic nitrogens is 5. The number of hydrogen-bond acceptors (Lipinski definition) is 6. The minimum Gasteiger partial charge on any atom is -0.305 e. The van der Waals surface area contributed by atoms with Crippen LogP contribution in [-0.2, 0) is 18.6 Å². The zero-order chi connectivity index (χ0) is 23.2. The van der Waals surface area contributed by atoms with Crippen LogP contribution >= 0.6 is 11.8 Å². The summed E-state index contributed by atoms with van der Waals surface area (Å²) in [6.45, 7) is 4.82. The van der Waals surface area contributed by atoms with Crippen molar-refractivity contribution >= 4 is 11.8 Å². The van der Waals surface area contributed by atoms with Gasteiger partial charge >= 0.3 is 6.18 Å². The summed E-state index contributed by atoms with van der Waals surface area (Å²) in [6.07, 6.45) is 0.857. The van der Waals surface area contributed by atoms with E-state index in [0.29, 0.717) is 5.92 Å². The third kappa shape index (κ3) is 4.26. The highest BCUT2D eigenvalue weighted by Crippen LogP contribution is 2.58. The van der Waals surface area contributed by atoms with E-state index in [4.69, 9.17) is 0 Å².